The third kappa shape index (κ3) is 3.14. The highest BCUT2D eigenvalue weighted by atomic mass is 15.4. The molecule has 0 bridgehead atoms. The van der Waals surface area contributed by atoms with Crippen molar-refractivity contribution in [1.82, 2.24) is 20.3 Å². The van der Waals surface area contributed by atoms with Crippen LogP contribution in [0.15, 0.2) is 30.6 Å². The van der Waals surface area contributed by atoms with Gasteiger partial charge in [0.2, 0.25) is 0 Å². The van der Waals surface area contributed by atoms with Gasteiger partial charge in [0.1, 0.15) is 0 Å². The summed E-state index contributed by atoms with van der Waals surface area (Å²) in [5.41, 5.74) is 4.09. The normalized spacial score (nSPS) is 10.7. The maximum atomic E-state index is 3.92. The lowest BCUT2D eigenvalue weighted by atomic mass is 10.0. The van der Waals surface area contributed by atoms with E-state index in [9.17, 15) is 0 Å². The van der Waals surface area contributed by atoms with Gasteiger partial charge in [-0.15, -0.1) is 5.10 Å². The van der Waals surface area contributed by atoms with E-state index in [4.69, 9.17) is 0 Å². The van der Waals surface area contributed by atoms with E-state index in [1.165, 1.54) is 16.7 Å². The van der Waals surface area contributed by atoms with Gasteiger partial charge in [-0.25, -0.2) is 0 Å². The van der Waals surface area contributed by atoms with E-state index < -0.39 is 0 Å². The quantitative estimate of drug-likeness (QED) is 0.795. The predicted octanol–water partition coefficient (Wildman–Crippen LogP) is 1.68. The average Bonchev–Trinajstić information content (AvgIpc) is 2.80. The second kappa shape index (κ2) is 5.59. The first-order valence-electron chi connectivity index (χ1n) is 5.87. The summed E-state index contributed by atoms with van der Waals surface area (Å²) in [4.78, 5) is 0. The Kier molecular flexibility index (Phi) is 3.88. The van der Waals surface area contributed by atoms with Crippen molar-refractivity contribution in [2.45, 2.75) is 26.9 Å². The van der Waals surface area contributed by atoms with Gasteiger partial charge in [-0.2, -0.15) is 0 Å². The smallest absolute Gasteiger partial charge is 0.0692 e. The minimum atomic E-state index is 0.852. The van der Waals surface area contributed by atoms with Crippen molar-refractivity contribution in [3.05, 3.63) is 47.3 Å². The third-order valence-corrected chi connectivity index (χ3v) is 2.94. The molecule has 0 amide bonds. The van der Waals surface area contributed by atoms with Gasteiger partial charge in [-0.05, 0) is 30.5 Å². The molecule has 0 radical (unpaired) electrons. The first kappa shape index (κ1) is 11.8. The molecule has 0 unspecified atom stereocenters. The van der Waals surface area contributed by atoms with E-state index in [0.717, 1.165) is 19.6 Å². The zero-order valence-electron chi connectivity index (χ0n) is 10.3. The molecule has 0 aliphatic heterocycles. The number of aryl methyl sites for hydroxylation is 2. The van der Waals surface area contributed by atoms with E-state index in [-0.39, 0.29) is 0 Å². The second-order valence-electron chi connectivity index (χ2n) is 4.21. The molecule has 0 saturated carbocycles. The summed E-state index contributed by atoms with van der Waals surface area (Å²) in [5, 5.41) is 11.1. The van der Waals surface area contributed by atoms with Gasteiger partial charge in [-0.1, -0.05) is 23.4 Å². The molecular formula is C13H18N4. The highest BCUT2D eigenvalue weighted by molar-refractivity contribution is 5.33. The van der Waals surface area contributed by atoms with Gasteiger partial charge in [-0.3, -0.25) is 4.68 Å². The molecular weight excluding hydrogens is 212 g/mol. The Morgan fingerprint density at radius 2 is 2.00 bits per heavy atom. The monoisotopic (exact) mass is 230 g/mol. The standard InChI is InChI=1S/C13H18N4/c1-11-4-3-5-12(2)13(11)10-14-6-8-17-9-7-15-16-17/h3-5,7,9,14H,6,8,10H2,1-2H3. The third-order valence-electron chi connectivity index (χ3n) is 2.94. The van der Waals surface area contributed by atoms with Crippen LogP contribution in [0.5, 0.6) is 0 Å². The molecule has 0 aliphatic rings. The fourth-order valence-electron chi connectivity index (χ4n) is 1.89. The van der Waals surface area contributed by atoms with Crippen LogP contribution in [0, 0.1) is 13.8 Å². The maximum absolute atomic E-state index is 3.92. The van der Waals surface area contributed by atoms with Crippen molar-refractivity contribution >= 4 is 0 Å². The summed E-state index contributed by atoms with van der Waals surface area (Å²) in [6.07, 6.45) is 3.58. The average molecular weight is 230 g/mol. The molecule has 0 fully saturated rings. The fraction of sp³-hybridized carbons (Fsp3) is 0.385. The lowest BCUT2D eigenvalue weighted by molar-refractivity contribution is 0.539. The summed E-state index contributed by atoms with van der Waals surface area (Å²) < 4.78 is 1.83. The van der Waals surface area contributed by atoms with Crippen LogP contribution in [0.2, 0.25) is 0 Å². The predicted molar refractivity (Wildman–Crippen MR) is 67.6 cm³/mol. The van der Waals surface area contributed by atoms with Crippen LogP contribution in [-0.2, 0) is 13.1 Å². The van der Waals surface area contributed by atoms with E-state index in [1.807, 2.05) is 10.9 Å². The largest absolute Gasteiger partial charge is 0.311 e. The Hall–Kier alpha value is -1.68. The van der Waals surface area contributed by atoms with Crippen molar-refractivity contribution in [1.29, 1.82) is 0 Å². The molecule has 0 saturated heterocycles. The number of hydrogen-bond acceptors (Lipinski definition) is 3. The van der Waals surface area contributed by atoms with Crippen LogP contribution < -0.4 is 5.32 Å². The lowest BCUT2D eigenvalue weighted by Crippen LogP contribution is -2.20. The van der Waals surface area contributed by atoms with E-state index in [0.29, 0.717) is 0 Å². The van der Waals surface area contributed by atoms with Crippen LogP contribution in [0.4, 0.5) is 0 Å². The summed E-state index contributed by atoms with van der Waals surface area (Å²) in [6, 6.07) is 6.41. The highest BCUT2D eigenvalue weighted by Gasteiger charge is 2.01. The number of rotatable bonds is 5. The van der Waals surface area contributed by atoms with E-state index >= 15 is 0 Å². The number of nitrogens with one attached hydrogen (secondary N) is 1. The van der Waals surface area contributed by atoms with Crippen LogP contribution in [0.25, 0.3) is 0 Å². The van der Waals surface area contributed by atoms with Gasteiger partial charge in [0.25, 0.3) is 0 Å². The van der Waals surface area contributed by atoms with Gasteiger partial charge in [0.05, 0.1) is 12.7 Å². The number of nitrogens with zero attached hydrogens (tertiary/aromatic N) is 3. The van der Waals surface area contributed by atoms with Gasteiger partial charge in [0.15, 0.2) is 0 Å². The van der Waals surface area contributed by atoms with Crippen LogP contribution in [0.3, 0.4) is 0 Å². The zero-order chi connectivity index (χ0) is 12.1. The molecule has 17 heavy (non-hydrogen) atoms. The van der Waals surface area contributed by atoms with Crippen LogP contribution in [-0.4, -0.2) is 21.5 Å². The first-order chi connectivity index (χ1) is 8.27. The molecule has 90 valence electrons. The van der Waals surface area contributed by atoms with E-state index in [1.54, 1.807) is 6.20 Å². The summed E-state index contributed by atoms with van der Waals surface area (Å²) in [6.45, 7) is 6.97. The Bertz CT molecular complexity index is 442. The highest BCUT2D eigenvalue weighted by Crippen LogP contribution is 2.12. The summed E-state index contributed by atoms with van der Waals surface area (Å²) in [7, 11) is 0. The van der Waals surface area contributed by atoms with Crippen molar-refractivity contribution in [2.24, 2.45) is 0 Å². The van der Waals surface area contributed by atoms with Crippen LogP contribution in [0.1, 0.15) is 16.7 Å². The fourth-order valence-corrected chi connectivity index (χ4v) is 1.89. The van der Waals surface area contributed by atoms with Crippen molar-refractivity contribution in [3.8, 4) is 0 Å². The lowest BCUT2D eigenvalue weighted by Gasteiger charge is -2.10. The first-order valence-corrected chi connectivity index (χ1v) is 5.87. The number of hydrogen-bond donors (Lipinski definition) is 1. The van der Waals surface area contributed by atoms with Crippen molar-refractivity contribution in [2.75, 3.05) is 6.54 Å². The molecule has 0 spiro atoms. The SMILES string of the molecule is Cc1cccc(C)c1CNCCn1ccnn1. The number of benzene rings is 1. The second-order valence-corrected chi connectivity index (χ2v) is 4.21. The van der Waals surface area contributed by atoms with Gasteiger partial charge < -0.3 is 5.32 Å². The maximum Gasteiger partial charge on any atom is 0.0692 e. The minimum absolute atomic E-state index is 0.852. The molecule has 0 atom stereocenters. The molecule has 2 rings (SSSR count). The Morgan fingerprint density at radius 1 is 1.24 bits per heavy atom. The summed E-state index contributed by atoms with van der Waals surface area (Å²) >= 11 is 0. The molecule has 0 aliphatic carbocycles. The molecule has 4 heteroatoms. The van der Waals surface area contributed by atoms with Crippen molar-refractivity contribution in [3.63, 3.8) is 0 Å². The summed E-state index contributed by atoms with van der Waals surface area (Å²) in [5.74, 6) is 0. The Balaban J connectivity index is 1.82. The van der Waals surface area contributed by atoms with Crippen LogP contribution >= 0.6 is 0 Å². The Labute approximate surface area is 102 Å². The van der Waals surface area contributed by atoms with Gasteiger partial charge >= 0.3 is 0 Å². The molecule has 1 heterocycles. The van der Waals surface area contributed by atoms with Gasteiger partial charge in [0, 0.05) is 19.3 Å². The molecule has 2 aromatic rings. The molecule has 1 aromatic heterocycles. The number of aromatic nitrogens is 3. The van der Waals surface area contributed by atoms with E-state index in [2.05, 4.69) is 47.7 Å². The minimum Gasteiger partial charge on any atom is -0.311 e. The van der Waals surface area contributed by atoms with Crippen molar-refractivity contribution < 1.29 is 0 Å². The molecule has 1 N–H and O–H groups in total. The zero-order valence-corrected chi connectivity index (χ0v) is 10.3. The topological polar surface area (TPSA) is 42.7 Å². The Morgan fingerprint density at radius 3 is 2.65 bits per heavy atom. The molecule has 1 aromatic carbocycles. The molecule has 4 nitrogen and oxygen atoms in total.